The van der Waals surface area contributed by atoms with Gasteiger partial charge in [0.1, 0.15) is 30.2 Å². The molecule has 3 aromatic rings. The molecule has 0 N–H and O–H groups in total. The lowest BCUT2D eigenvalue weighted by atomic mass is 10.1. The van der Waals surface area contributed by atoms with E-state index in [4.69, 9.17) is 9.15 Å². The van der Waals surface area contributed by atoms with Crippen molar-refractivity contribution in [1.29, 1.82) is 0 Å². The minimum Gasteiger partial charge on any atom is -0.491 e. The van der Waals surface area contributed by atoms with E-state index in [0.717, 1.165) is 21.9 Å². The largest absolute Gasteiger partial charge is 0.491 e. The highest BCUT2D eigenvalue weighted by Crippen LogP contribution is 2.31. The van der Waals surface area contributed by atoms with Gasteiger partial charge in [-0.1, -0.05) is 18.2 Å². The summed E-state index contributed by atoms with van der Waals surface area (Å²) in [5, 5.41) is 2.05. The fourth-order valence-electron chi connectivity index (χ4n) is 1.95. The molecule has 0 aliphatic carbocycles. The number of hydrogen-bond acceptors (Lipinski definition) is 2. The van der Waals surface area contributed by atoms with Gasteiger partial charge in [0.25, 0.3) is 0 Å². The van der Waals surface area contributed by atoms with Crippen LogP contribution in [0.3, 0.4) is 0 Å². The van der Waals surface area contributed by atoms with Crippen molar-refractivity contribution in [2.24, 2.45) is 0 Å². The summed E-state index contributed by atoms with van der Waals surface area (Å²) in [7, 11) is 0. The lowest BCUT2D eigenvalue weighted by molar-refractivity contribution is 0.273. The van der Waals surface area contributed by atoms with E-state index < -0.39 is 6.67 Å². The number of para-hydroxylation sites is 1. The first-order chi connectivity index (χ1) is 8.38. The van der Waals surface area contributed by atoms with Crippen molar-refractivity contribution in [2.75, 3.05) is 13.3 Å². The summed E-state index contributed by atoms with van der Waals surface area (Å²) in [6.07, 6.45) is 0. The number of rotatable bonds is 3. The molecule has 2 aromatic carbocycles. The van der Waals surface area contributed by atoms with E-state index in [1.54, 1.807) is 6.07 Å². The Bertz CT molecular complexity index is 657. The first-order valence-corrected chi connectivity index (χ1v) is 5.48. The van der Waals surface area contributed by atoms with Crippen LogP contribution in [0.1, 0.15) is 0 Å². The molecule has 86 valence electrons. The molecule has 3 heteroatoms. The third-order valence-corrected chi connectivity index (χ3v) is 2.69. The summed E-state index contributed by atoms with van der Waals surface area (Å²) in [5.74, 6) is 0.668. The van der Waals surface area contributed by atoms with Crippen LogP contribution in [0.25, 0.3) is 21.9 Å². The predicted molar refractivity (Wildman–Crippen MR) is 65.2 cm³/mol. The smallest absolute Gasteiger partial charge is 0.135 e. The van der Waals surface area contributed by atoms with Crippen LogP contribution in [0.15, 0.2) is 46.9 Å². The monoisotopic (exact) mass is 230 g/mol. The zero-order chi connectivity index (χ0) is 11.7. The van der Waals surface area contributed by atoms with Gasteiger partial charge in [-0.25, -0.2) is 4.39 Å². The predicted octanol–water partition coefficient (Wildman–Crippen LogP) is 3.93. The Morgan fingerprint density at radius 2 is 1.82 bits per heavy atom. The second kappa shape index (κ2) is 4.09. The summed E-state index contributed by atoms with van der Waals surface area (Å²) in [6.45, 7) is -0.397. The Morgan fingerprint density at radius 3 is 2.71 bits per heavy atom. The van der Waals surface area contributed by atoms with Gasteiger partial charge in [0, 0.05) is 10.8 Å². The molecule has 0 bridgehead atoms. The van der Waals surface area contributed by atoms with Crippen LogP contribution in [-0.4, -0.2) is 13.3 Å². The first kappa shape index (κ1) is 10.1. The fraction of sp³-hybridized carbons (Fsp3) is 0.143. The molecular weight excluding hydrogens is 219 g/mol. The van der Waals surface area contributed by atoms with Crippen molar-refractivity contribution in [3.8, 4) is 5.75 Å². The Balaban J connectivity index is 2.16. The van der Waals surface area contributed by atoms with Crippen molar-refractivity contribution in [3.05, 3.63) is 42.5 Å². The van der Waals surface area contributed by atoms with Crippen LogP contribution in [0, 0.1) is 0 Å². The standard InChI is InChI=1S/C14H11FO2/c15-7-8-16-10-5-6-14-12(9-10)11-3-1-2-4-13(11)17-14/h1-6,9H,7-8H2. The molecule has 0 unspecified atom stereocenters. The maximum absolute atomic E-state index is 12.0. The Hall–Kier alpha value is -2.03. The SMILES string of the molecule is FCCOc1ccc2oc3ccccc3c2c1. The number of ether oxygens (including phenoxy) is 1. The van der Waals surface area contributed by atoms with Gasteiger partial charge in [-0.3, -0.25) is 0 Å². The molecule has 0 saturated heterocycles. The van der Waals surface area contributed by atoms with Crippen molar-refractivity contribution in [2.45, 2.75) is 0 Å². The van der Waals surface area contributed by atoms with Crippen LogP contribution < -0.4 is 4.74 Å². The quantitative estimate of drug-likeness (QED) is 0.680. The highest BCUT2D eigenvalue weighted by Gasteiger charge is 2.06. The number of alkyl halides is 1. The number of fused-ring (bicyclic) bond motifs is 3. The van der Waals surface area contributed by atoms with Crippen molar-refractivity contribution in [1.82, 2.24) is 0 Å². The van der Waals surface area contributed by atoms with Gasteiger partial charge in [-0.05, 0) is 24.3 Å². The van der Waals surface area contributed by atoms with Crippen molar-refractivity contribution < 1.29 is 13.5 Å². The molecule has 1 aromatic heterocycles. The van der Waals surface area contributed by atoms with Gasteiger partial charge >= 0.3 is 0 Å². The lowest BCUT2D eigenvalue weighted by Crippen LogP contribution is -1.97. The van der Waals surface area contributed by atoms with E-state index in [0.29, 0.717) is 5.75 Å². The number of halogens is 1. The minimum absolute atomic E-state index is 0.0846. The maximum Gasteiger partial charge on any atom is 0.135 e. The van der Waals surface area contributed by atoms with E-state index in [2.05, 4.69) is 0 Å². The normalized spacial score (nSPS) is 11.1. The Labute approximate surface area is 97.6 Å². The van der Waals surface area contributed by atoms with E-state index >= 15 is 0 Å². The Kier molecular flexibility index (Phi) is 2.44. The van der Waals surface area contributed by atoms with Gasteiger partial charge in [0.15, 0.2) is 0 Å². The molecule has 0 amide bonds. The molecule has 0 fully saturated rings. The highest BCUT2D eigenvalue weighted by molar-refractivity contribution is 6.05. The Morgan fingerprint density at radius 1 is 1.00 bits per heavy atom. The fourth-order valence-corrected chi connectivity index (χ4v) is 1.95. The van der Waals surface area contributed by atoms with Crippen LogP contribution in [0.5, 0.6) is 5.75 Å². The second-order valence-electron chi connectivity index (χ2n) is 3.79. The van der Waals surface area contributed by atoms with Crippen LogP contribution in [-0.2, 0) is 0 Å². The summed E-state index contributed by atoms with van der Waals surface area (Å²) in [5.41, 5.74) is 1.67. The van der Waals surface area contributed by atoms with Gasteiger partial charge in [-0.15, -0.1) is 0 Å². The average molecular weight is 230 g/mol. The van der Waals surface area contributed by atoms with E-state index in [9.17, 15) is 4.39 Å². The van der Waals surface area contributed by atoms with Crippen molar-refractivity contribution >= 4 is 21.9 Å². The third kappa shape index (κ3) is 1.73. The minimum atomic E-state index is -0.482. The molecule has 0 radical (unpaired) electrons. The number of furan rings is 1. The number of benzene rings is 2. The summed E-state index contributed by atoms with van der Waals surface area (Å²) >= 11 is 0. The molecule has 17 heavy (non-hydrogen) atoms. The molecule has 1 heterocycles. The zero-order valence-corrected chi connectivity index (χ0v) is 9.15. The van der Waals surface area contributed by atoms with Gasteiger partial charge in [0.2, 0.25) is 0 Å². The zero-order valence-electron chi connectivity index (χ0n) is 9.15. The van der Waals surface area contributed by atoms with Crippen LogP contribution in [0.4, 0.5) is 4.39 Å². The topological polar surface area (TPSA) is 22.4 Å². The van der Waals surface area contributed by atoms with Crippen LogP contribution >= 0.6 is 0 Å². The molecular formula is C14H11FO2. The summed E-state index contributed by atoms with van der Waals surface area (Å²) in [4.78, 5) is 0. The van der Waals surface area contributed by atoms with Crippen LogP contribution in [0.2, 0.25) is 0 Å². The molecule has 0 saturated carbocycles. The van der Waals surface area contributed by atoms with Crippen molar-refractivity contribution in [3.63, 3.8) is 0 Å². The molecule has 0 aliphatic heterocycles. The molecule has 3 rings (SSSR count). The highest BCUT2D eigenvalue weighted by atomic mass is 19.1. The second-order valence-corrected chi connectivity index (χ2v) is 3.79. The first-order valence-electron chi connectivity index (χ1n) is 5.48. The molecule has 0 aliphatic rings. The molecule has 0 spiro atoms. The molecule has 2 nitrogen and oxygen atoms in total. The van der Waals surface area contributed by atoms with Gasteiger partial charge < -0.3 is 9.15 Å². The number of hydrogen-bond donors (Lipinski definition) is 0. The van der Waals surface area contributed by atoms with Gasteiger partial charge in [0.05, 0.1) is 0 Å². The maximum atomic E-state index is 12.0. The summed E-state index contributed by atoms with van der Waals surface area (Å²) in [6, 6.07) is 13.4. The average Bonchev–Trinajstić information content (AvgIpc) is 2.74. The van der Waals surface area contributed by atoms with Gasteiger partial charge in [-0.2, -0.15) is 0 Å². The third-order valence-electron chi connectivity index (χ3n) is 2.69. The summed E-state index contributed by atoms with van der Waals surface area (Å²) < 4.78 is 23.0. The molecule has 0 atom stereocenters. The van der Waals surface area contributed by atoms with E-state index in [-0.39, 0.29) is 6.61 Å². The van der Waals surface area contributed by atoms with E-state index in [1.165, 1.54) is 0 Å². The lowest BCUT2D eigenvalue weighted by Gasteiger charge is -2.02. The van der Waals surface area contributed by atoms with E-state index in [1.807, 2.05) is 36.4 Å².